The summed E-state index contributed by atoms with van der Waals surface area (Å²) in [7, 11) is 1.48. The molecule has 1 saturated heterocycles. The Hall–Kier alpha value is -0.180. The Balaban J connectivity index is 2.55. The van der Waals surface area contributed by atoms with E-state index in [9.17, 15) is 8.78 Å². The third kappa shape index (κ3) is 1.45. The molecule has 60 valence electrons. The van der Waals surface area contributed by atoms with Crippen LogP contribution in [0.25, 0.3) is 0 Å². The van der Waals surface area contributed by atoms with Gasteiger partial charge in [-0.25, -0.2) is 4.90 Å². The number of hydrogen-bond acceptors (Lipinski definition) is 1. The molecule has 0 aliphatic carbocycles. The second-order valence-corrected chi connectivity index (χ2v) is 3.19. The topological polar surface area (TPSA) is 3.24 Å². The molecular weight excluding hydrogens is 136 g/mol. The van der Waals surface area contributed by atoms with Gasteiger partial charge in [-0.2, -0.15) is 8.78 Å². The van der Waals surface area contributed by atoms with Gasteiger partial charge in [0.1, 0.15) is 0 Å². The Morgan fingerprint density at radius 2 is 2.10 bits per heavy atom. The lowest BCUT2D eigenvalue weighted by molar-refractivity contribution is -0.166. The Bertz CT molecular complexity index is 125. The first-order valence-corrected chi connectivity index (χ1v) is 3.61. The summed E-state index contributed by atoms with van der Waals surface area (Å²) in [5.74, 6) is 0.172. The summed E-state index contributed by atoms with van der Waals surface area (Å²) in [5.41, 5.74) is 0. The molecule has 0 aromatic heterocycles. The number of alkyl halides is 2. The molecule has 3 heteroatoms. The van der Waals surface area contributed by atoms with E-state index in [2.05, 4.69) is 0 Å². The third-order valence-electron chi connectivity index (χ3n) is 2.11. The lowest BCUT2D eigenvalue weighted by Crippen LogP contribution is -2.44. The first-order chi connectivity index (χ1) is 4.52. The van der Waals surface area contributed by atoms with Crippen molar-refractivity contribution in [3.63, 3.8) is 0 Å². The summed E-state index contributed by atoms with van der Waals surface area (Å²) in [6, 6.07) is -2.56. The van der Waals surface area contributed by atoms with E-state index in [0.29, 0.717) is 6.54 Å². The number of piperidine rings is 1. The number of halogens is 2. The van der Waals surface area contributed by atoms with Crippen molar-refractivity contribution in [3.05, 3.63) is 0 Å². The molecule has 0 amide bonds. The predicted molar refractivity (Wildman–Crippen MR) is 36.0 cm³/mol. The average Bonchev–Trinajstić information content (AvgIpc) is 1.78. The van der Waals surface area contributed by atoms with Crippen LogP contribution in [0.1, 0.15) is 19.8 Å². The molecule has 1 fully saturated rings. The van der Waals surface area contributed by atoms with Crippen molar-refractivity contribution < 1.29 is 8.78 Å². The molecule has 0 saturated carbocycles. The van der Waals surface area contributed by atoms with Crippen LogP contribution < -0.4 is 0 Å². The molecule has 0 N–H and O–H groups in total. The fourth-order valence-corrected chi connectivity index (χ4v) is 1.25. The minimum atomic E-state index is -2.56. The van der Waals surface area contributed by atoms with Crippen LogP contribution in [0.2, 0.25) is 0 Å². The summed E-state index contributed by atoms with van der Waals surface area (Å²) in [4.78, 5) is 1.13. The van der Waals surface area contributed by atoms with Crippen molar-refractivity contribution in [2.45, 2.75) is 25.8 Å². The third-order valence-corrected chi connectivity index (χ3v) is 2.11. The zero-order chi connectivity index (χ0) is 7.78. The van der Waals surface area contributed by atoms with Crippen molar-refractivity contribution in [2.24, 2.45) is 5.92 Å². The maximum absolute atomic E-state index is 12.8. The van der Waals surface area contributed by atoms with E-state index in [0.717, 1.165) is 11.3 Å². The van der Waals surface area contributed by atoms with Crippen LogP contribution in [0.3, 0.4) is 0 Å². The van der Waals surface area contributed by atoms with Gasteiger partial charge in [0.2, 0.25) is 0 Å². The largest absolute Gasteiger partial charge is 0.304 e. The molecular formula is C7H13F2N. The molecule has 0 spiro atoms. The highest BCUT2D eigenvalue weighted by molar-refractivity contribution is 4.75. The van der Waals surface area contributed by atoms with Gasteiger partial charge >= 0.3 is 6.05 Å². The van der Waals surface area contributed by atoms with Crippen molar-refractivity contribution in [2.75, 3.05) is 13.6 Å². The lowest BCUT2D eigenvalue weighted by Gasteiger charge is -2.35. The minimum Gasteiger partial charge on any atom is -0.248 e. The van der Waals surface area contributed by atoms with Crippen molar-refractivity contribution >= 4 is 0 Å². The van der Waals surface area contributed by atoms with Gasteiger partial charge in [-0.15, -0.1) is 0 Å². The summed E-state index contributed by atoms with van der Waals surface area (Å²) < 4.78 is 25.5. The Morgan fingerprint density at radius 1 is 1.50 bits per heavy atom. The van der Waals surface area contributed by atoms with Crippen LogP contribution in [0, 0.1) is 5.92 Å². The van der Waals surface area contributed by atoms with Gasteiger partial charge in [0, 0.05) is 13.0 Å². The predicted octanol–water partition coefficient (Wildman–Crippen LogP) is 1.94. The number of rotatable bonds is 0. The monoisotopic (exact) mass is 149 g/mol. The fourth-order valence-electron chi connectivity index (χ4n) is 1.25. The second-order valence-electron chi connectivity index (χ2n) is 3.19. The summed E-state index contributed by atoms with van der Waals surface area (Å²) in [5, 5.41) is 0. The maximum atomic E-state index is 12.8. The van der Waals surface area contributed by atoms with Gasteiger partial charge in [0.05, 0.1) is 0 Å². The Morgan fingerprint density at radius 3 is 2.50 bits per heavy atom. The molecule has 0 aromatic carbocycles. The van der Waals surface area contributed by atoms with Crippen LogP contribution in [0.4, 0.5) is 8.78 Å². The number of hydrogen-bond donors (Lipinski definition) is 0. The van der Waals surface area contributed by atoms with Crippen LogP contribution in [-0.4, -0.2) is 24.5 Å². The summed E-state index contributed by atoms with van der Waals surface area (Å²) in [6.07, 6.45) is 0.912. The maximum Gasteiger partial charge on any atom is 0.304 e. The van der Waals surface area contributed by atoms with E-state index in [-0.39, 0.29) is 12.3 Å². The highest BCUT2D eigenvalue weighted by Gasteiger charge is 2.39. The van der Waals surface area contributed by atoms with Crippen molar-refractivity contribution in [3.8, 4) is 0 Å². The standard InChI is InChI=1S/C7H13F2N/c1-6-3-4-10(2)7(8,9)5-6/h6H,3-5H2,1-2H3. The van der Waals surface area contributed by atoms with Gasteiger partial charge in [-0.1, -0.05) is 6.92 Å². The van der Waals surface area contributed by atoms with Gasteiger partial charge in [0.15, 0.2) is 0 Å². The minimum absolute atomic E-state index is 0.0174. The zero-order valence-electron chi connectivity index (χ0n) is 6.40. The normalized spacial score (nSPS) is 34.2. The Kier molecular flexibility index (Phi) is 1.95. The second kappa shape index (κ2) is 2.46. The van der Waals surface area contributed by atoms with Gasteiger partial charge in [-0.3, -0.25) is 0 Å². The van der Waals surface area contributed by atoms with Gasteiger partial charge < -0.3 is 0 Å². The molecule has 0 bridgehead atoms. The van der Waals surface area contributed by atoms with E-state index < -0.39 is 6.05 Å². The van der Waals surface area contributed by atoms with E-state index in [1.807, 2.05) is 6.92 Å². The van der Waals surface area contributed by atoms with E-state index in [1.54, 1.807) is 0 Å². The molecule has 1 atom stereocenters. The molecule has 1 aliphatic rings. The average molecular weight is 149 g/mol. The summed E-state index contributed by atoms with van der Waals surface area (Å²) >= 11 is 0. The highest BCUT2D eigenvalue weighted by atomic mass is 19.3. The quantitative estimate of drug-likeness (QED) is 0.476. The highest BCUT2D eigenvalue weighted by Crippen LogP contribution is 2.32. The van der Waals surface area contributed by atoms with E-state index in [1.165, 1.54) is 7.05 Å². The molecule has 1 rings (SSSR count). The Labute approximate surface area is 60.0 Å². The molecule has 1 aliphatic heterocycles. The fraction of sp³-hybridized carbons (Fsp3) is 1.00. The number of nitrogens with zero attached hydrogens (tertiary/aromatic N) is 1. The molecule has 1 nitrogen and oxygen atoms in total. The van der Waals surface area contributed by atoms with Gasteiger partial charge in [-0.05, 0) is 19.4 Å². The molecule has 0 aromatic rings. The molecule has 1 unspecified atom stereocenters. The smallest absolute Gasteiger partial charge is 0.248 e. The summed E-state index contributed by atoms with van der Waals surface area (Å²) in [6.45, 7) is 2.40. The van der Waals surface area contributed by atoms with Crippen LogP contribution in [-0.2, 0) is 0 Å². The molecule has 1 heterocycles. The SMILES string of the molecule is CC1CCN(C)C(F)(F)C1. The first-order valence-electron chi connectivity index (χ1n) is 3.61. The van der Waals surface area contributed by atoms with Crippen molar-refractivity contribution in [1.82, 2.24) is 4.90 Å². The molecule has 0 radical (unpaired) electrons. The van der Waals surface area contributed by atoms with E-state index in [4.69, 9.17) is 0 Å². The van der Waals surface area contributed by atoms with Crippen LogP contribution in [0.15, 0.2) is 0 Å². The zero-order valence-corrected chi connectivity index (χ0v) is 6.40. The number of likely N-dealkylation sites (tertiary alicyclic amines) is 1. The van der Waals surface area contributed by atoms with Crippen molar-refractivity contribution in [1.29, 1.82) is 0 Å². The van der Waals surface area contributed by atoms with Gasteiger partial charge in [0.25, 0.3) is 0 Å². The molecule has 10 heavy (non-hydrogen) atoms. The first kappa shape index (κ1) is 7.92. The van der Waals surface area contributed by atoms with Crippen LogP contribution in [0.5, 0.6) is 0 Å². The lowest BCUT2D eigenvalue weighted by atomic mass is 9.98. The van der Waals surface area contributed by atoms with Crippen LogP contribution >= 0.6 is 0 Å². The van der Waals surface area contributed by atoms with E-state index >= 15 is 0 Å².